The third-order valence-corrected chi connectivity index (χ3v) is 2.81. The molecule has 0 fully saturated rings. The van der Waals surface area contributed by atoms with Crippen LogP contribution in [-0.4, -0.2) is 18.4 Å². The lowest BCUT2D eigenvalue weighted by atomic mass is 10.1. The Balaban J connectivity index is 2.47. The van der Waals surface area contributed by atoms with E-state index in [1.807, 2.05) is 13.8 Å². The molecule has 0 atom stereocenters. The van der Waals surface area contributed by atoms with Gasteiger partial charge in [0.15, 0.2) is 0 Å². The van der Waals surface area contributed by atoms with Crippen molar-refractivity contribution in [1.29, 1.82) is 0 Å². The van der Waals surface area contributed by atoms with Crippen LogP contribution >= 0.6 is 23.2 Å². The molecule has 104 valence electrons. The topological polar surface area (TPSA) is 58.2 Å². The van der Waals surface area contributed by atoms with Crippen molar-refractivity contribution in [2.45, 2.75) is 20.3 Å². The van der Waals surface area contributed by atoms with Crippen LogP contribution in [0.4, 0.5) is 5.69 Å². The molecule has 0 aliphatic rings. The Morgan fingerprint density at radius 1 is 1.21 bits per heavy atom. The number of nitrogens with one attached hydrogen (secondary N) is 2. The number of benzene rings is 1. The summed E-state index contributed by atoms with van der Waals surface area (Å²) >= 11 is 11.7. The van der Waals surface area contributed by atoms with Crippen LogP contribution in [0.2, 0.25) is 10.0 Å². The SMILES string of the molecule is CC(C)CC(=O)NCC(=O)Nc1cc(Cl)ccc1Cl. The van der Waals surface area contributed by atoms with Gasteiger partial charge in [-0.2, -0.15) is 0 Å². The number of carbonyl (C=O) groups excluding carboxylic acids is 2. The smallest absolute Gasteiger partial charge is 0.243 e. The third kappa shape index (κ3) is 5.94. The van der Waals surface area contributed by atoms with Crippen molar-refractivity contribution in [2.24, 2.45) is 5.92 Å². The summed E-state index contributed by atoms with van der Waals surface area (Å²) < 4.78 is 0. The Morgan fingerprint density at radius 2 is 1.89 bits per heavy atom. The fourth-order valence-electron chi connectivity index (χ4n) is 1.41. The van der Waals surface area contributed by atoms with Crippen LogP contribution in [-0.2, 0) is 9.59 Å². The minimum absolute atomic E-state index is 0.0889. The van der Waals surface area contributed by atoms with Gasteiger partial charge in [0.25, 0.3) is 0 Å². The van der Waals surface area contributed by atoms with Crippen molar-refractivity contribution in [3.63, 3.8) is 0 Å². The molecule has 1 rings (SSSR count). The highest BCUT2D eigenvalue weighted by Crippen LogP contribution is 2.25. The molecule has 0 bridgehead atoms. The molecule has 1 aromatic rings. The largest absolute Gasteiger partial charge is 0.347 e. The van der Waals surface area contributed by atoms with E-state index in [0.717, 1.165) is 0 Å². The van der Waals surface area contributed by atoms with Crippen LogP contribution < -0.4 is 10.6 Å². The number of amides is 2. The first-order valence-corrected chi connectivity index (χ1v) is 6.65. The molecule has 2 amide bonds. The highest BCUT2D eigenvalue weighted by Gasteiger charge is 2.09. The first-order valence-electron chi connectivity index (χ1n) is 5.90. The van der Waals surface area contributed by atoms with Crippen LogP contribution in [0.25, 0.3) is 0 Å². The van der Waals surface area contributed by atoms with Gasteiger partial charge in [-0.1, -0.05) is 37.0 Å². The molecule has 0 aliphatic carbocycles. The van der Waals surface area contributed by atoms with Gasteiger partial charge in [-0.15, -0.1) is 0 Å². The Kier molecular flexibility index (Phi) is 6.12. The molecule has 0 saturated heterocycles. The summed E-state index contributed by atoms with van der Waals surface area (Å²) in [5.74, 6) is -0.242. The zero-order valence-electron chi connectivity index (χ0n) is 10.8. The number of carbonyl (C=O) groups is 2. The molecule has 19 heavy (non-hydrogen) atoms. The standard InChI is InChI=1S/C13H16Cl2N2O2/c1-8(2)5-12(18)16-7-13(19)17-11-6-9(14)3-4-10(11)15/h3-4,6,8H,5,7H2,1-2H3,(H,16,18)(H,17,19). The zero-order chi connectivity index (χ0) is 14.4. The first-order chi connectivity index (χ1) is 8.88. The molecule has 0 heterocycles. The molecule has 1 aromatic carbocycles. The van der Waals surface area contributed by atoms with Gasteiger partial charge in [-0.3, -0.25) is 9.59 Å². The van der Waals surface area contributed by atoms with Gasteiger partial charge in [0.1, 0.15) is 0 Å². The molecule has 0 unspecified atom stereocenters. The Bertz CT molecular complexity index is 476. The van der Waals surface area contributed by atoms with E-state index in [0.29, 0.717) is 22.2 Å². The minimum atomic E-state index is -0.346. The van der Waals surface area contributed by atoms with Crippen molar-refractivity contribution < 1.29 is 9.59 Å². The number of rotatable bonds is 5. The fourth-order valence-corrected chi connectivity index (χ4v) is 1.75. The second-order valence-corrected chi connectivity index (χ2v) is 5.39. The lowest BCUT2D eigenvalue weighted by Crippen LogP contribution is -2.33. The summed E-state index contributed by atoms with van der Waals surface area (Å²) in [6, 6.07) is 4.78. The van der Waals surface area contributed by atoms with E-state index in [1.165, 1.54) is 0 Å². The molecule has 0 spiro atoms. The van der Waals surface area contributed by atoms with Crippen molar-refractivity contribution >= 4 is 40.7 Å². The van der Waals surface area contributed by atoms with Crippen molar-refractivity contribution in [3.05, 3.63) is 28.2 Å². The van der Waals surface area contributed by atoms with Crippen molar-refractivity contribution in [3.8, 4) is 0 Å². The molecular formula is C13H16Cl2N2O2. The Hall–Kier alpha value is -1.26. The minimum Gasteiger partial charge on any atom is -0.347 e. The average Bonchev–Trinajstić information content (AvgIpc) is 2.30. The number of hydrogen-bond acceptors (Lipinski definition) is 2. The molecule has 2 N–H and O–H groups in total. The van der Waals surface area contributed by atoms with Crippen LogP contribution in [0.1, 0.15) is 20.3 Å². The summed E-state index contributed by atoms with van der Waals surface area (Å²) in [5.41, 5.74) is 0.428. The summed E-state index contributed by atoms with van der Waals surface area (Å²) in [6.07, 6.45) is 0.394. The Labute approximate surface area is 122 Å². The third-order valence-electron chi connectivity index (χ3n) is 2.24. The molecule has 0 aliphatic heterocycles. The number of halogens is 2. The highest BCUT2D eigenvalue weighted by molar-refractivity contribution is 6.35. The van der Waals surface area contributed by atoms with Gasteiger partial charge in [0, 0.05) is 11.4 Å². The van der Waals surface area contributed by atoms with Gasteiger partial charge in [0.05, 0.1) is 17.3 Å². The van der Waals surface area contributed by atoms with Crippen molar-refractivity contribution in [1.82, 2.24) is 5.32 Å². The monoisotopic (exact) mass is 302 g/mol. The second-order valence-electron chi connectivity index (χ2n) is 4.55. The van der Waals surface area contributed by atoms with Crippen LogP contribution in [0.5, 0.6) is 0 Å². The fraction of sp³-hybridized carbons (Fsp3) is 0.385. The predicted molar refractivity (Wildman–Crippen MR) is 77.6 cm³/mol. The maximum absolute atomic E-state index is 11.6. The van der Waals surface area contributed by atoms with Gasteiger partial charge < -0.3 is 10.6 Å². The summed E-state index contributed by atoms with van der Waals surface area (Å²) in [4.78, 5) is 23.0. The zero-order valence-corrected chi connectivity index (χ0v) is 12.3. The van der Waals surface area contributed by atoms with Gasteiger partial charge >= 0.3 is 0 Å². The van der Waals surface area contributed by atoms with Crippen molar-refractivity contribution in [2.75, 3.05) is 11.9 Å². The molecule has 0 aromatic heterocycles. The van der Waals surface area contributed by atoms with E-state index in [-0.39, 0.29) is 24.3 Å². The lowest BCUT2D eigenvalue weighted by Gasteiger charge is -2.09. The van der Waals surface area contributed by atoms with Gasteiger partial charge in [-0.05, 0) is 24.1 Å². The molecular weight excluding hydrogens is 287 g/mol. The van der Waals surface area contributed by atoms with Gasteiger partial charge in [-0.25, -0.2) is 0 Å². The number of hydrogen-bond donors (Lipinski definition) is 2. The second kappa shape index (κ2) is 7.36. The maximum atomic E-state index is 11.6. The molecule has 4 nitrogen and oxygen atoms in total. The summed E-state index contributed by atoms with van der Waals surface area (Å²) in [5, 5.41) is 6.00. The summed E-state index contributed by atoms with van der Waals surface area (Å²) in [7, 11) is 0. The first kappa shape index (κ1) is 15.8. The van der Waals surface area contributed by atoms with E-state index in [4.69, 9.17) is 23.2 Å². The van der Waals surface area contributed by atoms with E-state index in [9.17, 15) is 9.59 Å². The van der Waals surface area contributed by atoms with E-state index >= 15 is 0 Å². The summed E-state index contributed by atoms with van der Waals surface area (Å²) in [6.45, 7) is 3.78. The number of anilines is 1. The van der Waals surface area contributed by atoms with E-state index in [1.54, 1.807) is 18.2 Å². The Morgan fingerprint density at radius 3 is 2.53 bits per heavy atom. The molecule has 0 radical (unpaired) electrons. The van der Waals surface area contributed by atoms with Crippen LogP contribution in [0, 0.1) is 5.92 Å². The van der Waals surface area contributed by atoms with E-state index < -0.39 is 0 Å². The van der Waals surface area contributed by atoms with E-state index in [2.05, 4.69) is 10.6 Å². The molecule has 0 saturated carbocycles. The molecule has 6 heteroatoms. The maximum Gasteiger partial charge on any atom is 0.243 e. The van der Waals surface area contributed by atoms with Crippen LogP contribution in [0.3, 0.4) is 0 Å². The van der Waals surface area contributed by atoms with Crippen LogP contribution in [0.15, 0.2) is 18.2 Å². The highest BCUT2D eigenvalue weighted by atomic mass is 35.5. The van der Waals surface area contributed by atoms with Gasteiger partial charge in [0.2, 0.25) is 11.8 Å². The predicted octanol–water partition coefficient (Wildman–Crippen LogP) is 3.09. The normalized spacial score (nSPS) is 10.4. The average molecular weight is 303 g/mol. The lowest BCUT2D eigenvalue weighted by molar-refractivity contribution is -0.124. The quantitative estimate of drug-likeness (QED) is 0.878.